The van der Waals surface area contributed by atoms with Gasteiger partial charge >= 0.3 is 12.4 Å². The Hall–Kier alpha value is -3.83. The van der Waals surface area contributed by atoms with Crippen LogP contribution in [-0.2, 0) is 0 Å². The molecule has 0 fully saturated rings. The summed E-state index contributed by atoms with van der Waals surface area (Å²) in [6, 6.07) is 8.05. The lowest BCUT2D eigenvalue weighted by molar-refractivity contribution is -0.274. The van der Waals surface area contributed by atoms with Gasteiger partial charge in [-0.2, -0.15) is 0 Å². The van der Waals surface area contributed by atoms with Crippen LogP contribution < -0.4 is 20.9 Å². The van der Waals surface area contributed by atoms with Gasteiger partial charge in [0.1, 0.15) is 16.8 Å². The molecule has 0 saturated carbocycles. The first-order chi connectivity index (χ1) is 12.8. The number of nitrogens with zero attached hydrogens (tertiary/aromatic N) is 2. The highest BCUT2D eigenvalue weighted by atomic mass is 19.4. The van der Waals surface area contributed by atoms with E-state index in [-0.39, 0.29) is 11.3 Å². The zero-order valence-electron chi connectivity index (χ0n) is 13.2. The molecule has 0 atom stereocenters. The average Bonchev–Trinajstić information content (AvgIpc) is 3.08. The highest BCUT2D eigenvalue weighted by molar-refractivity contribution is 5.99. The summed E-state index contributed by atoms with van der Waals surface area (Å²) in [5, 5.41) is 9.52. The number of carbonyl (C=O) groups excluding carboxylic acids is 2. The Morgan fingerprint density at radius 1 is 0.963 bits per heavy atom. The van der Waals surface area contributed by atoms with Crippen molar-refractivity contribution in [1.82, 2.24) is 21.2 Å². The van der Waals surface area contributed by atoms with Gasteiger partial charge in [-0.25, -0.2) is 14.8 Å². The monoisotopic (exact) mass is 381 g/mol. The van der Waals surface area contributed by atoms with Crippen LogP contribution in [0.4, 0.5) is 23.7 Å². The molecule has 3 amide bonds. The number of amides is 3. The van der Waals surface area contributed by atoms with E-state index >= 15 is 0 Å². The number of carbonyl (C=O) groups is 2. The SMILES string of the molecule is O=C(NNC(=O)c1ccc2nonc2c1)Nc1ccc(OC(F)(F)F)cc1. The van der Waals surface area contributed by atoms with Crippen molar-refractivity contribution < 1.29 is 32.1 Å². The molecule has 1 heterocycles. The molecule has 3 N–H and O–H groups in total. The maximum Gasteiger partial charge on any atom is 0.573 e. The highest BCUT2D eigenvalue weighted by Gasteiger charge is 2.30. The van der Waals surface area contributed by atoms with Gasteiger partial charge < -0.3 is 10.1 Å². The Bertz CT molecular complexity index is 971. The molecule has 2 aromatic carbocycles. The summed E-state index contributed by atoms with van der Waals surface area (Å²) in [6.45, 7) is 0. The van der Waals surface area contributed by atoms with Crippen LogP contribution in [0.15, 0.2) is 47.1 Å². The Balaban J connectivity index is 1.52. The van der Waals surface area contributed by atoms with E-state index in [9.17, 15) is 22.8 Å². The first kappa shape index (κ1) is 18.0. The van der Waals surface area contributed by atoms with E-state index in [2.05, 4.69) is 35.8 Å². The van der Waals surface area contributed by atoms with E-state index in [1.165, 1.54) is 30.3 Å². The number of nitrogens with one attached hydrogen (secondary N) is 3. The molecular weight excluding hydrogens is 371 g/mol. The standard InChI is InChI=1S/C15H10F3N5O4/c16-15(17,18)26-10-4-2-9(3-5-10)19-14(25)21-20-13(24)8-1-6-11-12(7-8)23-27-22-11/h1-7H,(H,20,24)(H2,19,21,25). The number of halogens is 3. The van der Waals surface area contributed by atoms with Crippen LogP contribution in [0.25, 0.3) is 11.0 Å². The fraction of sp³-hybridized carbons (Fsp3) is 0.0667. The summed E-state index contributed by atoms with van der Waals surface area (Å²) >= 11 is 0. The molecule has 3 aromatic rings. The van der Waals surface area contributed by atoms with Crippen molar-refractivity contribution in [3.8, 4) is 5.75 Å². The normalized spacial score (nSPS) is 11.1. The fourth-order valence-electron chi connectivity index (χ4n) is 2.01. The van der Waals surface area contributed by atoms with Crippen molar-refractivity contribution in [1.29, 1.82) is 0 Å². The minimum Gasteiger partial charge on any atom is -0.406 e. The zero-order valence-corrected chi connectivity index (χ0v) is 13.2. The summed E-state index contributed by atoms with van der Waals surface area (Å²) in [7, 11) is 0. The Labute approximate surface area is 148 Å². The Kier molecular flexibility index (Phi) is 4.79. The largest absolute Gasteiger partial charge is 0.573 e. The number of ether oxygens (including phenoxy) is 1. The molecule has 0 saturated heterocycles. The van der Waals surface area contributed by atoms with Crippen LogP contribution >= 0.6 is 0 Å². The van der Waals surface area contributed by atoms with Crippen LogP contribution in [0.3, 0.4) is 0 Å². The quantitative estimate of drug-likeness (QED) is 0.600. The second-order valence-corrected chi connectivity index (χ2v) is 5.07. The molecule has 27 heavy (non-hydrogen) atoms. The summed E-state index contributed by atoms with van der Waals surface area (Å²) in [5.74, 6) is -1.05. The number of aromatic nitrogens is 2. The molecular formula is C15H10F3N5O4. The maximum absolute atomic E-state index is 12.1. The van der Waals surface area contributed by atoms with Gasteiger partial charge in [-0.3, -0.25) is 10.2 Å². The number of rotatable bonds is 3. The molecule has 1 aromatic heterocycles. The third kappa shape index (κ3) is 4.84. The van der Waals surface area contributed by atoms with Gasteiger partial charge in [0.15, 0.2) is 0 Å². The number of urea groups is 1. The van der Waals surface area contributed by atoms with Crippen molar-refractivity contribution in [3.05, 3.63) is 48.0 Å². The van der Waals surface area contributed by atoms with Gasteiger partial charge in [-0.1, -0.05) is 0 Å². The van der Waals surface area contributed by atoms with Crippen molar-refractivity contribution in [2.75, 3.05) is 5.32 Å². The number of hydrogen-bond donors (Lipinski definition) is 3. The first-order valence-electron chi connectivity index (χ1n) is 7.26. The van der Waals surface area contributed by atoms with E-state index in [0.717, 1.165) is 12.1 Å². The smallest absolute Gasteiger partial charge is 0.406 e. The van der Waals surface area contributed by atoms with E-state index in [0.29, 0.717) is 11.0 Å². The fourth-order valence-corrected chi connectivity index (χ4v) is 2.01. The lowest BCUT2D eigenvalue weighted by atomic mass is 10.2. The number of benzene rings is 2. The van der Waals surface area contributed by atoms with Crippen LogP contribution in [0.1, 0.15) is 10.4 Å². The minimum absolute atomic E-state index is 0.186. The van der Waals surface area contributed by atoms with Gasteiger partial charge in [0.25, 0.3) is 5.91 Å². The van der Waals surface area contributed by atoms with Crippen LogP contribution in [0.5, 0.6) is 5.75 Å². The van der Waals surface area contributed by atoms with Crippen LogP contribution in [0.2, 0.25) is 0 Å². The number of hydrazine groups is 1. The number of hydrogen-bond acceptors (Lipinski definition) is 6. The number of alkyl halides is 3. The average molecular weight is 381 g/mol. The minimum atomic E-state index is -4.80. The van der Waals surface area contributed by atoms with Gasteiger partial charge in [-0.05, 0) is 52.8 Å². The van der Waals surface area contributed by atoms with Gasteiger partial charge in [0.05, 0.1) is 0 Å². The number of anilines is 1. The van der Waals surface area contributed by atoms with E-state index < -0.39 is 24.1 Å². The molecule has 0 bridgehead atoms. The topological polar surface area (TPSA) is 118 Å². The van der Waals surface area contributed by atoms with Crippen molar-refractivity contribution in [2.24, 2.45) is 0 Å². The molecule has 0 aliphatic carbocycles. The lowest BCUT2D eigenvalue weighted by Gasteiger charge is -2.11. The summed E-state index contributed by atoms with van der Waals surface area (Å²) in [4.78, 5) is 23.7. The second kappa shape index (κ2) is 7.19. The van der Waals surface area contributed by atoms with Crippen LogP contribution in [0, 0.1) is 0 Å². The van der Waals surface area contributed by atoms with Crippen molar-refractivity contribution >= 4 is 28.7 Å². The Morgan fingerprint density at radius 2 is 1.67 bits per heavy atom. The molecule has 0 radical (unpaired) electrons. The van der Waals surface area contributed by atoms with Crippen molar-refractivity contribution in [2.45, 2.75) is 6.36 Å². The lowest BCUT2D eigenvalue weighted by Crippen LogP contribution is -2.43. The van der Waals surface area contributed by atoms with E-state index in [4.69, 9.17) is 0 Å². The van der Waals surface area contributed by atoms with E-state index in [1.807, 2.05) is 0 Å². The van der Waals surface area contributed by atoms with E-state index in [1.54, 1.807) is 0 Å². The third-order valence-electron chi connectivity index (χ3n) is 3.15. The van der Waals surface area contributed by atoms with Crippen molar-refractivity contribution in [3.63, 3.8) is 0 Å². The molecule has 0 spiro atoms. The molecule has 0 unspecified atom stereocenters. The first-order valence-corrected chi connectivity index (χ1v) is 7.26. The molecule has 140 valence electrons. The van der Waals surface area contributed by atoms with Gasteiger partial charge in [0, 0.05) is 11.3 Å². The molecule has 0 aliphatic rings. The van der Waals surface area contributed by atoms with Gasteiger partial charge in [0.2, 0.25) is 0 Å². The summed E-state index contributed by atoms with van der Waals surface area (Å²) < 4.78 is 44.5. The molecule has 12 heteroatoms. The third-order valence-corrected chi connectivity index (χ3v) is 3.15. The maximum atomic E-state index is 12.1. The predicted octanol–water partition coefficient (Wildman–Crippen LogP) is 2.59. The predicted molar refractivity (Wildman–Crippen MR) is 84.5 cm³/mol. The number of fused-ring (bicyclic) bond motifs is 1. The second-order valence-electron chi connectivity index (χ2n) is 5.07. The zero-order chi connectivity index (χ0) is 19.4. The summed E-state index contributed by atoms with van der Waals surface area (Å²) in [6.07, 6.45) is -4.80. The summed E-state index contributed by atoms with van der Waals surface area (Å²) in [5.41, 5.74) is 5.49. The van der Waals surface area contributed by atoms with Gasteiger partial charge in [-0.15, -0.1) is 13.2 Å². The Morgan fingerprint density at radius 3 is 2.37 bits per heavy atom. The molecule has 0 aliphatic heterocycles. The van der Waals surface area contributed by atoms with Crippen LogP contribution in [-0.4, -0.2) is 28.6 Å². The molecule has 9 nitrogen and oxygen atoms in total. The highest BCUT2D eigenvalue weighted by Crippen LogP contribution is 2.23. The molecule has 3 rings (SSSR count).